The maximum absolute atomic E-state index is 6.95. The Hall–Kier alpha value is -7.59. The van der Waals surface area contributed by atoms with Crippen LogP contribution < -0.4 is 5.32 Å². The second kappa shape index (κ2) is 13.8. The maximum atomic E-state index is 6.95. The Bertz CT molecular complexity index is 3620. The summed E-state index contributed by atoms with van der Waals surface area (Å²) in [5, 5.41) is 13.3. The Morgan fingerprint density at radius 1 is 0.317 bits per heavy atom. The summed E-state index contributed by atoms with van der Waals surface area (Å²) in [7, 11) is 0. The Kier molecular flexibility index (Phi) is 7.91. The minimum Gasteiger partial charge on any atom is -0.455 e. The molecule has 0 unspecified atom stereocenters. The third-order valence-corrected chi connectivity index (χ3v) is 12.2. The molecule has 3 nitrogen and oxygen atoms in total. The van der Waals surface area contributed by atoms with Crippen molar-refractivity contribution in [1.29, 1.82) is 0 Å². The van der Waals surface area contributed by atoms with Gasteiger partial charge in [0.1, 0.15) is 16.7 Å². The van der Waals surface area contributed by atoms with Gasteiger partial charge in [-0.25, -0.2) is 0 Å². The van der Waals surface area contributed by atoms with E-state index in [1.54, 1.807) is 0 Å². The minimum absolute atomic E-state index is 0.600. The average Bonchev–Trinajstić information content (AvgIpc) is 3.88. The minimum atomic E-state index is 0.600. The summed E-state index contributed by atoms with van der Waals surface area (Å²) in [6.45, 7) is 0. The predicted octanol–water partition coefficient (Wildman–Crippen LogP) is 16.9. The molecule has 2 aromatic heterocycles. The first-order valence-electron chi connectivity index (χ1n) is 20.2. The molecule has 0 fully saturated rings. The van der Waals surface area contributed by atoms with Crippen molar-refractivity contribution in [3.8, 4) is 44.5 Å². The summed E-state index contributed by atoms with van der Waals surface area (Å²) in [6.07, 6.45) is 0. The van der Waals surface area contributed by atoms with Crippen LogP contribution in [0.5, 0.6) is 0 Å². The fraction of sp³-hybridized carbons (Fsp3) is 0. The molecule has 0 saturated heterocycles. The number of anilines is 2. The summed E-state index contributed by atoms with van der Waals surface area (Å²) in [6, 6.07) is 70.6. The lowest BCUT2D eigenvalue weighted by atomic mass is 9.96. The standard InChI is InChI=1S/C56H34ClNO2/c57-52-32-42(31-51-50-30-39(34-8-3-1-4-9-34)21-27-54(50)60-56(51)52)41-17-16-37-14-15-38-20-25-44(33-48(38)47(37)28-41)58-43-23-18-35(19-24-43)40-22-26-53-49(29-40)46-13-7-12-45(55(46)59-53)36-10-5-2-6-11-36/h1-33,58H. The Morgan fingerprint density at radius 3 is 1.57 bits per heavy atom. The van der Waals surface area contributed by atoms with Crippen molar-refractivity contribution < 1.29 is 8.83 Å². The third kappa shape index (κ3) is 5.82. The highest BCUT2D eigenvalue weighted by Crippen LogP contribution is 2.41. The van der Waals surface area contributed by atoms with Gasteiger partial charge in [0, 0.05) is 38.5 Å². The van der Waals surface area contributed by atoms with Crippen molar-refractivity contribution in [2.75, 3.05) is 5.32 Å². The van der Waals surface area contributed by atoms with Crippen LogP contribution in [0.3, 0.4) is 0 Å². The molecule has 0 amide bonds. The van der Waals surface area contributed by atoms with Crippen LogP contribution in [-0.2, 0) is 0 Å². The zero-order valence-corrected chi connectivity index (χ0v) is 33.0. The lowest BCUT2D eigenvalue weighted by Gasteiger charge is -2.12. The fourth-order valence-electron chi connectivity index (χ4n) is 8.86. The van der Waals surface area contributed by atoms with Crippen molar-refractivity contribution in [3.05, 3.63) is 205 Å². The molecule has 0 radical (unpaired) electrons. The Labute approximate surface area is 350 Å². The van der Waals surface area contributed by atoms with Crippen LogP contribution in [0.2, 0.25) is 5.02 Å². The second-order valence-electron chi connectivity index (χ2n) is 15.5. The van der Waals surface area contributed by atoms with E-state index in [1.165, 1.54) is 27.1 Å². The van der Waals surface area contributed by atoms with Crippen LogP contribution in [0.25, 0.3) is 110 Å². The zero-order chi connectivity index (χ0) is 39.7. The lowest BCUT2D eigenvalue weighted by molar-refractivity contribution is 0.669. The average molecular weight is 788 g/mol. The first kappa shape index (κ1) is 34.5. The molecule has 0 aliphatic carbocycles. The molecule has 10 aromatic carbocycles. The molecule has 4 heteroatoms. The van der Waals surface area contributed by atoms with Crippen LogP contribution in [-0.4, -0.2) is 0 Å². The van der Waals surface area contributed by atoms with E-state index >= 15 is 0 Å². The van der Waals surface area contributed by atoms with Gasteiger partial charge in [-0.05, 0) is 127 Å². The van der Waals surface area contributed by atoms with Gasteiger partial charge in [-0.1, -0.05) is 145 Å². The monoisotopic (exact) mass is 787 g/mol. The van der Waals surface area contributed by atoms with Crippen LogP contribution in [0.1, 0.15) is 0 Å². The van der Waals surface area contributed by atoms with Crippen LogP contribution in [0.4, 0.5) is 11.4 Å². The largest absolute Gasteiger partial charge is 0.455 e. The van der Waals surface area contributed by atoms with E-state index in [9.17, 15) is 0 Å². The SMILES string of the molecule is Clc1cc(-c2ccc3ccc4ccc(Nc5ccc(-c6ccc7oc8c(-c9ccccc9)cccc8c7c6)cc5)cc4c3c2)cc2c1oc1ccc(-c3ccccc3)cc12. The van der Waals surface area contributed by atoms with Crippen molar-refractivity contribution in [2.24, 2.45) is 0 Å². The van der Waals surface area contributed by atoms with Gasteiger partial charge in [0.15, 0.2) is 5.58 Å². The molecule has 12 rings (SSSR count). The number of hydrogen-bond donors (Lipinski definition) is 1. The van der Waals surface area contributed by atoms with Gasteiger partial charge in [-0.3, -0.25) is 0 Å². The summed E-state index contributed by atoms with van der Waals surface area (Å²) >= 11 is 6.95. The van der Waals surface area contributed by atoms with E-state index < -0.39 is 0 Å². The summed E-state index contributed by atoms with van der Waals surface area (Å²) in [4.78, 5) is 0. The number of nitrogens with one attached hydrogen (secondary N) is 1. The highest BCUT2D eigenvalue weighted by atomic mass is 35.5. The van der Waals surface area contributed by atoms with Crippen molar-refractivity contribution >= 4 is 88.4 Å². The maximum Gasteiger partial charge on any atom is 0.154 e. The molecule has 0 spiro atoms. The number of benzene rings is 10. The molecule has 60 heavy (non-hydrogen) atoms. The summed E-state index contributed by atoms with van der Waals surface area (Å²) < 4.78 is 12.7. The number of furan rings is 2. The quantitative estimate of drug-likeness (QED) is 0.171. The highest BCUT2D eigenvalue weighted by molar-refractivity contribution is 6.36. The van der Waals surface area contributed by atoms with Crippen LogP contribution in [0.15, 0.2) is 209 Å². The van der Waals surface area contributed by atoms with Gasteiger partial charge in [0.25, 0.3) is 0 Å². The van der Waals surface area contributed by atoms with E-state index in [0.29, 0.717) is 10.6 Å². The van der Waals surface area contributed by atoms with E-state index in [2.05, 4.69) is 181 Å². The molecular weight excluding hydrogens is 754 g/mol. The molecule has 282 valence electrons. The van der Waals surface area contributed by atoms with Crippen molar-refractivity contribution in [3.63, 3.8) is 0 Å². The molecule has 0 saturated carbocycles. The number of hydrogen-bond acceptors (Lipinski definition) is 3. The normalized spacial score (nSPS) is 11.8. The third-order valence-electron chi connectivity index (χ3n) is 11.9. The number of para-hydroxylation sites is 1. The first-order valence-corrected chi connectivity index (χ1v) is 20.5. The molecular formula is C56H34ClNO2. The van der Waals surface area contributed by atoms with Crippen molar-refractivity contribution in [1.82, 2.24) is 0 Å². The molecule has 0 atom stereocenters. The highest BCUT2D eigenvalue weighted by Gasteiger charge is 2.16. The summed E-state index contributed by atoms with van der Waals surface area (Å²) in [5.41, 5.74) is 14.4. The predicted molar refractivity (Wildman–Crippen MR) is 252 cm³/mol. The van der Waals surface area contributed by atoms with E-state index in [4.69, 9.17) is 20.4 Å². The number of fused-ring (bicyclic) bond motifs is 9. The van der Waals surface area contributed by atoms with E-state index in [-0.39, 0.29) is 0 Å². The second-order valence-corrected chi connectivity index (χ2v) is 15.9. The van der Waals surface area contributed by atoms with Gasteiger partial charge in [-0.15, -0.1) is 0 Å². The lowest BCUT2D eigenvalue weighted by Crippen LogP contribution is -1.91. The molecule has 0 aliphatic rings. The van der Waals surface area contributed by atoms with E-state index in [0.717, 1.165) is 88.6 Å². The summed E-state index contributed by atoms with van der Waals surface area (Å²) in [5.74, 6) is 0. The van der Waals surface area contributed by atoms with Gasteiger partial charge in [-0.2, -0.15) is 0 Å². The van der Waals surface area contributed by atoms with Gasteiger partial charge in [0.2, 0.25) is 0 Å². The van der Waals surface area contributed by atoms with Gasteiger partial charge < -0.3 is 14.2 Å². The molecule has 0 bridgehead atoms. The van der Waals surface area contributed by atoms with Crippen LogP contribution >= 0.6 is 11.6 Å². The molecule has 0 aliphatic heterocycles. The topological polar surface area (TPSA) is 38.3 Å². The molecule has 2 heterocycles. The first-order chi connectivity index (χ1) is 29.6. The van der Waals surface area contributed by atoms with Crippen molar-refractivity contribution in [2.45, 2.75) is 0 Å². The Balaban J connectivity index is 0.861. The van der Waals surface area contributed by atoms with E-state index in [1.807, 2.05) is 24.3 Å². The van der Waals surface area contributed by atoms with Crippen LogP contribution in [0, 0.1) is 0 Å². The molecule has 1 N–H and O–H groups in total. The number of rotatable bonds is 6. The molecule has 12 aromatic rings. The van der Waals surface area contributed by atoms with Gasteiger partial charge >= 0.3 is 0 Å². The zero-order valence-electron chi connectivity index (χ0n) is 32.2. The fourth-order valence-corrected chi connectivity index (χ4v) is 9.11. The van der Waals surface area contributed by atoms with Gasteiger partial charge in [0.05, 0.1) is 5.02 Å². The number of halogens is 1. The smallest absolute Gasteiger partial charge is 0.154 e. The Morgan fingerprint density at radius 2 is 0.833 bits per heavy atom.